The highest BCUT2D eigenvalue weighted by molar-refractivity contribution is 7.98. The first-order valence-electron chi connectivity index (χ1n) is 4.37. The van der Waals surface area contributed by atoms with Crippen molar-refractivity contribution in [1.82, 2.24) is 0 Å². The predicted molar refractivity (Wildman–Crippen MR) is 68.3 cm³/mol. The molecule has 0 amide bonds. The second-order valence-corrected chi connectivity index (χ2v) is 4.83. The van der Waals surface area contributed by atoms with Crippen molar-refractivity contribution in [3.8, 4) is 5.75 Å². The predicted octanol–water partition coefficient (Wildman–Crippen LogP) is 3.36. The molecule has 0 aromatic heterocycles. The van der Waals surface area contributed by atoms with Gasteiger partial charge in [0.05, 0.1) is 12.1 Å². The summed E-state index contributed by atoms with van der Waals surface area (Å²) in [5.74, 6) is 1.41. The number of halogens is 2. The maximum atomic E-state index is 6.01. The lowest BCUT2D eigenvalue weighted by Crippen LogP contribution is -2.14. The average molecular weight is 266 g/mol. The van der Waals surface area contributed by atoms with Gasteiger partial charge in [-0.3, -0.25) is 0 Å². The van der Waals surface area contributed by atoms with Gasteiger partial charge in [0.25, 0.3) is 0 Å². The zero-order chi connectivity index (χ0) is 11.4. The first kappa shape index (κ1) is 13.0. The first-order valence-corrected chi connectivity index (χ1v) is 6.52. The molecule has 0 aliphatic heterocycles. The zero-order valence-electron chi connectivity index (χ0n) is 8.59. The van der Waals surface area contributed by atoms with Crippen LogP contribution in [0.15, 0.2) is 12.1 Å². The summed E-state index contributed by atoms with van der Waals surface area (Å²) in [5.41, 5.74) is 6.85. The molecule has 0 radical (unpaired) electrons. The fourth-order valence-electron chi connectivity index (χ4n) is 1.34. The summed E-state index contributed by atoms with van der Waals surface area (Å²) < 4.78 is 5.22. The maximum Gasteiger partial charge on any atom is 0.142 e. The van der Waals surface area contributed by atoms with Gasteiger partial charge in [0.15, 0.2) is 0 Å². The summed E-state index contributed by atoms with van der Waals surface area (Å²) >= 11 is 13.6. The minimum absolute atomic E-state index is 0.119. The van der Waals surface area contributed by atoms with Gasteiger partial charge in [-0.1, -0.05) is 23.2 Å². The highest BCUT2D eigenvalue weighted by Crippen LogP contribution is 2.35. The molecule has 2 N–H and O–H groups in total. The van der Waals surface area contributed by atoms with Crippen LogP contribution in [0.5, 0.6) is 5.75 Å². The van der Waals surface area contributed by atoms with E-state index in [0.29, 0.717) is 15.8 Å². The van der Waals surface area contributed by atoms with Crippen molar-refractivity contribution in [2.45, 2.75) is 6.04 Å². The lowest BCUT2D eigenvalue weighted by molar-refractivity contribution is 0.407. The van der Waals surface area contributed by atoms with Crippen LogP contribution in [0.25, 0.3) is 0 Å². The van der Waals surface area contributed by atoms with Crippen molar-refractivity contribution in [2.24, 2.45) is 5.73 Å². The maximum absolute atomic E-state index is 6.01. The van der Waals surface area contributed by atoms with Gasteiger partial charge in [-0.15, -0.1) is 0 Å². The van der Waals surface area contributed by atoms with E-state index >= 15 is 0 Å². The largest absolute Gasteiger partial charge is 0.495 e. The molecule has 1 atom stereocenters. The molecule has 84 valence electrons. The Kier molecular flexibility index (Phi) is 5.06. The van der Waals surface area contributed by atoms with E-state index in [4.69, 9.17) is 33.7 Å². The molecule has 15 heavy (non-hydrogen) atoms. The lowest BCUT2D eigenvalue weighted by Gasteiger charge is -2.16. The van der Waals surface area contributed by atoms with E-state index in [1.165, 1.54) is 0 Å². The molecular formula is C10H13Cl2NOS. The fourth-order valence-corrected chi connectivity index (χ4v) is 2.47. The van der Waals surface area contributed by atoms with E-state index in [9.17, 15) is 0 Å². The number of rotatable bonds is 4. The molecule has 0 saturated carbocycles. The molecule has 0 fully saturated rings. The molecule has 1 unspecified atom stereocenters. The van der Waals surface area contributed by atoms with Crippen LogP contribution in [0.3, 0.4) is 0 Å². The van der Waals surface area contributed by atoms with E-state index in [2.05, 4.69) is 0 Å². The van der Waals surface area contributed by atoms with Gasteiger partial charge in [0.1, 0.15) is 5.75 Å². The molecule has 0 aliphatic carbocycles. The van der Waals surface area contributed by atoms with Gasteiger partial charge < -0.3 is 10.5 Å². The first-order chi connectivity index (χ1) is 7.10. The smallest absolute Gasteiger partial charge is 0.142 e. The average Bonchev–Trinajstić information content (AvgIpc) is 2.17. The lowest BCUT2D eigenvalue weighted by atomic mass is 10.1. The molecule has 5 heteroatoms. The van der Waals surface area contributed by atoms with Crippen molar-refractivity contribution in [2.75, 3.05) is 19.1 Å². The van der Waals surface area contributed by atoms with E-state index in [1.54, 1.807) is 31.0 Å². The van der Waals surface area contributed by atoms with Crippen LogP contribution in [0.1, 0.15) is 11.6 Å². The molecule has 0 saturated heterocycles. The summed E-state index contributed by atoms with van der Waals surface area (Å²) in [6.45, 7) is 0. The Labute approximate surface area is 104 Å². The third kappa shape index (κ3) is 3.18. The SMILES string of the molecule is COc1c(Cl)cc(Cl)cc1C(N)CSC. The third-order valence-electron chi connectivity index (χ3n) is 1.99. The standard InChI is InChI=1S/C10H13Cl2NOS/c1-14-10-7(9(13)5-15-2)3-6(11)4-8(10)12/h3-4,9H,5,13H2,1-2H3. The number of nitrogens with two attached hydrogens (primary N) is 1. The monoisotopic (exact) mass is 265 g/mol. The summed E-state index contributed by atoms with van der Waals surface area (Å²) in [7, 11) is 1.57. The highest BCUT2D eigenvalue weighted by Gasteiger charge is 2.15. The van der Waals surface area contributed by atoms with Gasteiger partial charge in [0, 0.05) is 22.4 Å². The van der Waals surface area contributed by atoms with Crippen LogP contribution in [0.4, 0.5) is 0 Å². The van der Waals surface area contributed by atoms with Gasteiger partial charge in [0.2, 0.25) is 0 Å². The Balaban J connectivity index is 3.13. The van der Waals surface area contributed by atoms with Crippen molar-refractivity contribution in [3.63, 3.8) is 0 Å². The van der Waals surface area contributed by atoms with Crippen LogP contribution in [0.2, 0.25) is 10.0 Å². The highest BCUT2D eigenvalue weighted by atomic mass is 35.5. The van der Waals surface area contributed by atoms with E-state index in [1.807, 2.05) is 6.26 Å². The quantitative estimate of drug-likeness (QED) is 0.907. The van der Waals surface area contributed by atoms with Crippen molar-refractivity contribution >= 4 is 35.0 Å². The van der Waals surface area contributed by atoms with Crippen molar-refractivity contribution < 1.29 is 4.74 Å². The Hall–Kier alpha value is -0.0900. The van der Waals surface area contributed by atoms with Crippen LogP contribution in [-0.4, -0.2) is 19.1 Å². The molecule has 0 spiro atoms. The number of ether oxygens (including phenoxy) is 1. The minimum Gasteiger partial charge on any atom is -0.495 e. The Morgan fingerprint density at radius 1 is 1.47 bits per heavy atom. The number of hydrogen-bond donors (Lipinski definition) is 1. The molecule has 0 bridgehead atoms. The summed E-state index contributed by atoms with van der Waals surface area (Å²) in [6, 6.07) is 3.33. The van der Waals surface area contributed by atoms with Gasteiger partial charge in [-0.05, 0) is 18.4 Å². The van der Waals surface area contributed by atoms with Crippen molar-refractivity contribution in [1.29, 1.82) is 0 Å². The summed E-state index contributed by atoms with van der Waals surface area (Å²) in [4.78, 5) is 0. The number of thioether (sulfide) groups is 1. The van der Waals surface area contributed by atoms with Gasteiger partial charge in [-0.25, -0.2) is 0 Å². The van der Waals surface area contributed by atoms with Gasteiger partial charge in [-0.2, -0.15) is 11.8 Å². The Morgan fingerprint density at radius 3 is 2.67 bits per heavy atom. The number of methoxy groups -OCH3 is 1. The van der Waals surface area contributed by atoms with Gasteiger partial charge >= 0.3 is 0 Å². The van der Waals surface area contributed by atoms with E-state index < -0.39 is 0 Å². The van der Waals surface area contributed by atoms with Crippen LogP contribution in [-0.2, 0) is 0 Å². The third-order valence-corrected chi connectivity index (χ3v) is 3.18. The molecule has 0 aliphatic rings. The van der Waals surface area contributed by atoms with Crippen LogP contribution in [0, 0.1) is 0 Å². The second-order valence-electron chi connectivity index (χ2n) is 3.07. The minimum atomic E-state index is -0.119. The zero-order valence-corrected chi connectivity index (χ0v) is 10.9. The number of hydrogen-bond acceptors (Lipinski definition) is 3. The fraction of sp³-hybridized carbons (Fsp3) is 0.400. The molecule has 1 aromatic carbocycles. The molecule has 1 aromatic rings. The Bertz CT molecular complexity index is 346. The van der Waals surface area contributed by atoms with Crippen molar-refractivity contribution in [3.05, 3.63) is 27.7 Å². The van der Waals surface area contributed by atoms with E-state index in [-0.39, 0.29) is 6.04 Å². The summed E-state index contributed by atoms with van der Waals surface area (Å²) in [6.07, 6.45) is 2.00. The normalized spacial score (nSPS) is 12.6. The second kappa shape index (κ2) is 5.85. The Morgan fingerprint density at radius 2 is 2.13 bits per heavy atom. The topological polar surface area (TPSA) is 35.2 Å². The number of benzene rings is 1. The molecule has 0 heterocycles. The molecular weight excluding hydrogens is 253 g/mol. The van der Waals surface area contributed by atoms with Crippen LogP contribution >= 0.6 is 35.0 Å². The van der Waals surface area contributed by atoms with E-state index in [0.717, 1.165) is 11.3 Å². The summed E-state index contributed by atoms with van der Waals surface area (Å²) in [5, 5.41) is 1.07. The molecule has 1 rings (SSSR count). The van der Waals surface area contributed by atoms with Crippen LogP contribution < -0.4 is 10.5 Å². The molecule has 2 nitrogen and oxygen atoms in total.